The van der Waals surface area contributed by atoms with Gasteiger partial charge in [-0.05, 0) is 32.4 Å². The van der Waals surface area contributed by atoms with Crippen LogP contribution >= 0.6 is 0 Å². The van der Waals surface area contributed by atoms with Crippen LogP contribution in [0, 0.1) is 18.3 Å². The van der Waals surface area contributed by atoms with Crippen molar-refractivity contribution in [2.24, 2.45) is 0 Å². The fourth-order valence-electron chi connectivity index (χ4n) is 1.38. The third-order valence-electron chi connectivity index (χ3n) is 2.23. The number of nitriles is 1. The predicted octanol–water partition coefficient (Wildman–Crippen LogP) is 2.10. The average Bonchev–Trinajstić information content (AvgIpc) is 2.27. The molecular formula is C12H17N3O. The second kappa shape index (κ2) is 6.09. The summed E-state index contributed by atoms with van der Waals surface area (Å²) in [6.07, 6.45) is 1.70. The number of ether oxygens (including phenoxy) is 1. The molecule has 1 unspecified atom stereocenters. The van der Waals surface area contributed by atoms with E-state index >= 15 is 0 Å². The van der Waals surface area contributed by atoms with Crippen molar-refractivity contribution in [1.29, 1.82) is 5.26 Å². The molecule has 0 aliphatic rings. The van der Waals surface area contributed by atoms with Gasteiger partial charge in [-0.2, -0.15) is 5.26 Å². The summed E-state index contributed by atoms with van der Waals surface area (Å²) in [6.45, 7) is 7.16. The highest BCUT2D eigenvalue weighted by Gasteiger charge is 2.09. The molecular weight excluding hydrogens is 202 g/mol. The lowest BCUT2D eigenvalue weighted by Crippen LogP contribution is -2.23. The molecule has 0 fully saturated rings. The number of hydrogen-bond donors (Lipinski definition) is 1. The molecule has 0 spiro atoms. The molecule has 0 aliphatic heterocycles. The third kappa shape index (κ3) is 3.21. The Morgan fingerprint density at radius 1 is 1.62 bits per heavy atom. The molecule has 1 atom stereocenters. The van der Waals surface area contributed by atoms with Crippen molar-refractivity contribution in [1.82, 2.24) is 4.98 Å². The first-order valence-electron chi connectivity index (χ1n) is 5.39. The molecule has 1 aromatic heterocycles. The van der Waals surface area contributed by atoms with Gasteiger partial charge in [0.15, 0.2) is 0 Å². The molecule has 0 amide bonds. The summed E-state index contributed by atoms with van der Waals surface area (Å²) >= 11 is 0. The van der Waals surface area contributed by atoms with Crippen LogP contribution in [0.4, 0.5) is 5.82 Å². The van der Waals surface area contributed by atoms with Gasteiger partial charge in [-0.15, -0.1) is 0 Å². The fraction of sp³-hybridized carbons (Fsp3) is 0.500. The van der Waals surface area contributed by atoms with Crippen molar-refractivity contribution in [3.63, 3.8) is 0 Å². The summed E-state index contributed by atoms with van der Waals surface area (Å²) in [5.74, 6) is 0.634. The van der Waals surface area contributed by atoms with Gasteiger partial charge in [-0.3, -0.25) is 0 Å². The minimum absolute atomic E-state index is 0.140. The molecule has 4 nitrogen and oxygen atoms in total. The summed E-state index contributed by atoms with van der Waals surface area (Å²) in [7, 11) is 0. The first-order valence-corrected chi connectivity index (χ1v) is 5.39. The summed E-state index contributed by atoms with van der Waals surface area (Å²) in [5, 5.41) is 12.2. The highest BCUT2D eigenvalue weighted by Crippen LogP contribution is 2.15. The van der Waals surface area contributed by atoms with Crippen molar-refractivity contribution >= 4 is 5.82 Å². The summed E-state index contributed by atoms with van der Waals surface area (Å²) in [5.41, 5.74) is 1.54. The van der Waals surface area contributed by atoms with E-state index in [0.29, 0.717) is 24.6 Å². The average molecular weight is 219 g/mol. The molecule has 1 heterocycles. The number of pyridine rings is 1. The number of anilines is 1. The Hall–Kier alpha value is -1.60. The lowest BCUT2D eigenvalue weighted by molar-refractivity contribution is 0.141. The van der Waals surface area contributed by atoms with E-state index < -0.39 is 0 Å². The van der Waals surface area contributed by atoms with Crippen LogP contribution in [-0.2, 0) is 4.74 Å². The van der Waals surface area contributed by atoms with Crippen molar-refractivity contribution in [2.45, 2.75) is 26.8 Å². The van der Waals surface area contributed by atoms with E-state index in [1.807, 2.05) is 26.8 Å². The number of aryl methyl sites for hydroxylation is 1. The van der Waals surface area contributed by atoms with Crippen LogP contribution in [0.15, 0.2) is 12.3 Å². The first-order chi connectivity index (χ1) is 7.69. The first kappa shape index (κ1) is 12.5. The molecule has 0 saturated carbocycles. The topological polar surface area (TPSA) is 57.9 Å². The molecule has 1 N–H and O–H groups in total. The Labute approximate surface area is 96.3 Å². The van der Waals surface area contributed by atoms with E-state index in [4.69, 9.17) is 10.00 Å². The van der Waals surface area contributed by atoms with E-state index in [-0.39, 0.29) is 6.04 Å². The molecule has 1 aromatic rings. The molecule has 4 heteroatoms. The predicted molar refractivity (Wildman–Crippen MR) is 63.3 cm³/mol. The molecule has 16 heavy (non-hydrogen) atoms. The van der Waals surface area contributed by atoms with Crippen molar-refractivity contribution < 1.29 is 4.74 Å². The van der Waals surface area contributed by atoms with Gasteiger partial charge >= 0.3 is 0 Å². The van der Waals surface area contributed by atoms with Crippen LogP contribution in [0.3, 0.4) is 0 Å². The zero-order valence-corrected chi connectivity index (χ0v) is 9.95. The number of nitrogens with one attached hydrogen (secondary N) is 1. The molecule has 0 radical (unpaired) electrons. The Morgan fingerprint density at radius 2 is 2.38 bits per heavy atom. The molecule has 0 saturated heterocycles. The normalized spacial score (nSPS) is 11.9. The number of nitrogens with zero attached hydrogens (tertiary/aromatic N) is 2. The van der Waals surface area contributed by atoms with Crippen LogP contribution < -0.4 is 5.32 Å². The second-order valence-corrected chi connectivity index (χ2v) is 3.67. The molecule has 86 valence electrons. The molecule has 1 rings (SSSR count). The highest BCUT2D eigenvalue weighted by atomic mass is 16.5. The number of hydrogen-bond acceptors (Lipinski definition) is 4. The van der Waals surface area contributed by atoms with Gasteiger partial charge in [0.05, 0.1) is 12.2 Å². The van der Waals surface area contributed by atoms with Crippen molar-refractivity contribution in [3.8, 4) is 6.07 Å². The minimum atomic E-state index is 0.140. The van der Waals surface area contributed by atoms with Crippen LogP contribution in [0.2, 0.25) is 0 Å². The van der Waals surface area contributed by atoms with Gasteiger partial charge in [-0.25, -0.2) is 4.98 Å². The van der Waals surface area contributed by atoms with Crippen LogP contribution in [0.1, 0.15) is 25.0 Å². The van der Waals surface area contributed by atoms with Gasteiger partial charge in [0, 0.05) is 18.8 Å². The van der Waals surface area contributed by atoms with E-state index in [1.165, 1.54) is 0 Å². The quantitative estimate of drug-likeness (QED) is 0.824. The van der Waals surface area contributed by atoms with Gasteiger partial charge in [0.2, 0.25) is 0 Å². The molecule has 0 aliphatic carbocycles. The third-order valence-corrected chi connectivity index (χ3v) is 2.23. The highest BCUT2D eigenvalue weighted by molar-refractivity contribution is 5.55. The maximum Gasteiger partial charge on any atom is 0.144 e. The van der Waals surface area contributed by atoms with E-state index in [2.05, 4.69) is 16.4 Å². The van der Waals surface area contributed by atoms with Crippen LogP contribution in [0.5, 0.6) is 0 Å². The van der Waals surface area contributed by atoms with Gasteiger partial charge < -0.3 is 10.1 Å². The summed E-state index contributed by atoms with van der Waals surface area (Å²) in [4.78, 5) is 4.17. The smallest absolute Gasteiger partial charge is 0.144 e. The van der Waals surface area contributed by atoms with Gasteiger partial charge in [0.1, 0.15) is 11.9 Å². The second-order valence-electron chi connectivity index (χ2n) is 3.67. The standard InChI is InChI=1S/C12H17N3O/c1-4-16-8-10(3)15-12-11(7-13)9(2)5-6-14-12/h5-6,10H,4,8H2,1-3H3,(H,14,15). The van der Waals surface area contributed by atoms with E-state index in [9.17, 15) is 0 Å². The molecule has 0 bridgehead atoms. The maximum atomic E-state index is 9.03. The monoisotopic (exact) mass is 219 g/mol. The largest absolute Gasteiger partial charge is 0.380 e. The fourth-order valence-corrected chi connectivity index (χ4v) is 1.38. The van der Waals surface area contributed by atoms with E-state index in [1.54, 1.807) is 6.20 Å². The maximum absolute atomic E-state index is 9.03. The van der Waals surface area contributed by atoms with Gasteiger partial charge in [0.25, 0.3) is 0 Å². The Morgan fingerprint density at radius 3 is 3.00 bits per heavy atom. The summed E-state index contributed by atoms with van der Waals surface area (Å²) < 4.78 is 5.30. The zero-order chi connectivity index (χ0) is 12.0. The van der Waals surface area contributed by atoms with Crippen LogP contribution in [-0.4, -0.2) is 24.2 Å². The number of rotatable bonds is 5. The van der Waals surface area contributed by atoms with Crippen LogP contribution in [0.25, 0.3) is 0 Å². The minimum Gasteiger partial charge on any atom is -0.380 e. The molecule has 0 aromatic carbocycles. The number of aromatic nitrogens is 1. The lowest BCUT2D eigenvalue weighted by atomic mass is 10.1. The zero-order valence-electron chi connectivity index (χ0n) is 9.95. The Balaban J connectivity index is 2.74. The Bertz CT molecular complexity index is 384. The van der Waals surface area contributed by atoms with E-state index in [0.717, 1.165) is 5.56 Å². The van der Waals surface area contributed by atoms with Gasteiger partial charge in [-0.1, -0.05) is 0 Å². The SMILES string of the molecule is CCOCC(C)Nc1nccc(C)c1C#N. The Kier molecular flexibility index (Phi) is 4.74. The van der Waals surface area contributed by atoms with Crippen molar-refractivity contribution in [3.05, 3.63) is 23.4 Å². The summed E-state index contributed by atoms with van der Waals surface area (Å²) in [6, 6.07) is 4.13. The lowest BCUT2D eigenvalue weighted by Gasteiger charge is -2.15. The van der Waals surface area contributed by atoms with Crippen molar-refractivity contribution in [2.75, 3.05) is 18.5 Å².